The lowest BCUT2D eigenvalue weighted by Crippen LogP contribution is -1.89. The maximum atomic E-state index is 8.88. The molecule has 13 nitrogen and oxygen atoms in total. The van der Waals surface area contributed by atoms with E-state index in [0.29, 0.717) is 0 Å². The molecule has 0 radical (unpaired) electrons. The van der Waals surface area contributed by atoms with Crippen molar-refractivity contribution in [1.82, 2.24) is 30.8 Å². The Hall–Kier alpha value is -0.220. The molecule has 0 amide bonds. The van der Waals surface area contributed by atoms with Gasteiger partial charge < -0.3 is 45.4 Å². The maximum Gasteiger partial charge on any atom is 0.466 e. The molecule has 0 fully saturated rings. The van der Waals surface area contributed by atoms with E-state index in [-0.39, 0.29) is 30.8 Å². The minimum atomic E-state index is -4.67. The van der Waals surface area contributed by atoms with Gasteiger partial charge in [0.15, 0.2) is 0 Å². The molecule has 0 spiro atoms. The van der Waals surface area contributed by atoms with Crippen LogP contribution in [0.2, 0.25) is 0 Å². The van der Waals surface area contributed by atoms with Crippen molar-refractivity contribution in [3.63, 3.8) is 0 Å². The van der Waals surface area contributed by atoms with Gasteiger partial charge in [-0.1, -0.05) is 0 Å². The first-order valence-electron chi connectivity index (χ1n) is 1.48. The Balaban J connectivity index is -0.0000000128. The van der Waals surface area contributed by atoms with Crippen LogP contribution in [0, 0.1) is 0 Å². The van der Waals surface area contributed by atoms with Gasteiger partial charge >= 0.3 is 18.2 Å². The zero-order valence-electron chi connectivity index (χ0n) is 7.85. The highest BCUT2D eigenvalue weighted by Crippen LogP contribution is 2.25. The molecule has 0 rings (SSSR count). The van der Waals surface area contributed by atoms with Gasteiger partial charge in [0.05, 0.1) is 0 Å². The Bertz CT molecular complexity index is 201. The molecule has 0 bridgehead atoms. The summed E-state index contributed by atoms with van der Waals surface area (Å²) in [5, 5.41) is 0. The van der Waals surface area contributed by atoms with E-state index in [0.717, 1.165) is 0 Å². The van der Waals surface area contributed by atoms with Crippen molar-refractivity contribution in [3.8, 4) is 0 Å². The average molecular weight is 281 g/mol. The van der Waals surface area contributed by atoms with Crippen LogP contribution in [0.15, 0.2) is 0 Å². The summed E-state index contributed by atoms with van der Waals surface area (Å²) in [7, 11) is -9.31. The van der Waals surface area contributed by atoms with E-state index in [1.54, 1.807) is 0 Å². The van der Waals surface area contributed by atoms with Crippen LogP contribution in [0.1, 0.15) is 0 Å². The summed E-state index contributed by atoms with van der Waals surface area (Å²) in [6, 6.07) is 0. The second-order valence-electron chi connectivity index (χ2n) is 0.961. The lowest BCUT2D eigenvalue weighted by Gasteiger charge is -1.82. The summed E-state index contributed by atoms with van der Waals surface area (Å²) in [5.74, 6) is 0. The molecule has 0 aliphatic heterocycles. The molecular formula is H20N5O8PS. The Kier molecular flexibility index (Phi) is 50.1. The highest BCUT2D eigenvalue weighted by molar-refractivity contribution is 7.79. The number of hydrogen-bond acceptors (Lipinski definition) is 8. The average Bonchev–Trinajstić information content (AvgIpc) is 1.12. The molecule has 0 heterocycles. The highest BCUT2D eigenvalue weighted by atomic mass is 32.3. The third-order valence-electron chi connectivity index (χ3n) is 0. The number of hydrogen-bond donors (Lipinski definition) is 10. The molecule has 0 saturated carbocycles. The third kappa shape index (κ3) is 39500. The zero-order valence-corrected chi connectivity index (χ0v) is 9.56. The van der Waals surface area contributed by atoms with Gasteiger partial charge in [0.2, 0.25) is 0 Å². The summed E-state index contributed by atoms with van der Waals surface area (Å²) < 4.78 is 40.5. The van der Waals surface area contributed by atoms with Crippen LogP contribution in [-0.2, 0) is 15.0 Å². The number of rotatable bonds is 0. The van der Waals surface area contributed by atoms with E-state index < -0.39 is 18.2 Å². The fourth-order valence-electron chi connectivity index (χ4n) is 0. The fraction of sp³-hybridized carbons (Fsp3) is 0. The summed E-state index contributed by atoms with van der Waals surface area (Å²) >= 11 is 0. The maximum absolute atomic E-state index is 8.88. The predicted octanol–water partition coefficient (Wildman–Crippen LogP) is -0.771. The van der Waals surface area contributed by atoms with Crippen LogP contribution in [0.5, 0.6) is 0 Å². The summed E-state index contributed by atoms with van der Waals surface area (Å²) in [5.41, 5.74) is 0. The molecule has 0 aromatic rings. The van der Waals surface area contributed by atoms with Crippen molar-refractivity contribution in [1.29, 1.82) is 0 Å². The first kappa shape index (κ1) is 46.4. The van der Waals surface area contributed by atoms with Crippen molar-refractivity contribution in [2.24, 2.45) is 0 Å². The van der Waals surface area contributed by atoms with Crippen molar-refractivity contribution in [2.45, 2.75) is 0 Å². The lowest BCUT2D eigenvalue weighted by atomic mass is 14.0. The smallest absolute Gasteiger partial charge is 0.344 e. The zero-order chi connectivity index (χ0) is 9.00. The molecule has 0 atom stereocenters. The van der Waals surface area contributed by atoms with Crippen LogP contribution < -0.4 is 30.8 Å². The largest absolute Gasteiger partial charge is 0.466 e. The Morgan fingerprint density at radius 3 is 0.733 bits per heavy atom. The van der Waals surface area contributed by atoms with Gasteiger partial charge in [-0.25, -0.2) is 4.57 Å². The molecule has 15 heavy (non-hydrogen) atoms. The van der Waals surface area contributed by atoms with Gasteiger partial charge in [-0.05, 0) is 0 Å². The summed E-state index contributed by atoms with van der Waals surface area (Å²) in [6.07, 6.45) is 0. The van der Waals surface area contributed by atoms with Gasteiger partial charge in [0.1, 0.15) is 0 Å². The van der Waals surface area contributed by atoms with Crippen molar-refractivity contribution in [3.05, 3.63) is 0 Å². The van der Waals surface area contributed by atoms with E-state index in [4.69, 9.17) is 36.8 Å². The van der Waals surface area contributed by atoms with Gasteiger partial charge in [0, 0.05) is 0 Å². The van der Waals surface area contributed by atoms with Crippen molar-refractivity contribution in [2.75, 3.05) is 0 Å². The minimum absolute atomic E-state index is 0. The number of phosphoric acid groups is 1. The molecule has 0 saturated heterocycles. The van der Waals surface area contributed by atoms with Gasteiger partial charge in [-0.2, -0.15) is 8.42 Å². The van der Waals surface area contributed by atoms with E-state index in [2.05, 4.69) is 0 Å². The summed E-state index contributed by atoms with van der Waals surface area (Å²) in [4.78, 5) is 21.6. The minimum Gasteiger partial charge on any atom is -0.344 e. The first-order chi connectivity index (χ1) is 4.00. The molecule has 20 N–H and O–H groups in total. The van der Waals surface area contributed by atoms with Crippen molar-refractivity contribution < 1.29 is 36.8 Å². The van der Waals surface area contributed by atoms with Crippen LogP contribution in [0.3, 0.4) is 0 Å². The van der Waals surface area contributed by atoms with Crippen LogP contribution in [-0.4, -0.2) is 32.2 Å². The monoisotopic (exact) mass is 281 g/mol. The Morgan fingerprint density at radius 2 is 0.733 bits per heavy atom. The highest BCUT2D eigenvalue weighted by Gasteiger charge is 2.00. The molecule has 0 aliphatic rings. The molecule has 15 heteroatoms. The second kappa shape index (κ2) is 16.2. The predicted molar refractivity (Wildman–Crippen MR) is 53.6 cm³/mol. The molecule has 0 aromatic heterocycles. The molecule has 0 aromatic carbocycles. The van der Waals surface area contributed by atoms with E-state index in [1.165, 1.54) is 0 Å². The van der Waals surface area contributed by atoms with Gasteiger partial charge in [0.25, 0.3) is 0 Å². The third-order valence-corrected chi connectivity index (χ3v) is 0. The SMILES string of the molecule is N.N.N.N.N.O=P(O)(O)O.O=S(=O)(O)O. The standard InChI is InChI=1S/5H3N.H3O4P.H2O4S/c;;;;;2*1-5(2,3)4/h5*1H3;(H3,1,2,3,4);(H2,1,2,3,4). The van der Waals surface area contributed by atoms with Crippen LogP contribution >= 0.6 is 7.82 Å². The van der Waals surface area contributed by atoms with E-state index in [9.17, 15) is 0 Å². The van der Waals surface area contributed by atoms with Crippen LogP contribution in [0.25, 0.3) is 0 Å². The Morgan fingerprint density at radius 1 is 0.733 bits per heavy atom. The van der Waals surface area contributed by atoms with E-state index in [1.807, 2.05) is 0 Å². The van der Waals surface area contributed by atoms with Gasteiger partial charge in [-0.15, -0.1) is 0 Å². The van der Waals surface area contributed by atoms with Crippen LogP contribution in [0.4, 0.5) is 0 Å². The van der Waals surface area contributed by atoms with E-state index >= 15 is 0 Å². The molecular weight excluding hydrogens is 261 g/mol. The van der Waals surface area contributed by atoms with Crippen molar-refractivity contribution >= 4 is 18.2 Å². The lowest BCUT2D eigenvalue weighted by molar-refractivity contribution is 0.275. The quantitative estimate of drug-likeness (QED) is 0.192. The van der Waals surface area contributed by atoms with Gasteiger partial charge in [-0.3, -0.25) is 9.11 Å². The normalized spacial score (nSPS) is 7.80. The Labute approximate surface area is 86.6 Å². The second-order valence-corrected chi connectivity index (χ2v) is 2.88. The molecule has 0 aliphatic carbocycles. The topological polar surface area (TPSA) is 327 Å². The first-order valence-corrected chi connectivity index (χ1v) is 4.44. The molecule has 104 valence electrons. The fourth-order valence-corrected chi connectivity index (χ4v) is 0. The summed E-state index contributed by atoms with van der Waals surface area (Å²) in [6.45, 7) is 0. The molecule has 0 unspecified atom stereocenters.